The van der Waals surface area contributed by atoms with E-state index in [1.165, 1.54) is 20.5 Å². The summed E-state index contributed by atoms with van der Waals surface area (Å²) in [6, 6.07) is 12.8. The molecule has 2 aromatic rings. The summed E-state index contributed by atoms with van der Waals surface area (Å²) in [6.45, 7) is 7.38. The van der Waals surface area contributed by atoms with Crippen molar-refractivity contribution in [3.63, 3.8) is 0 Å². The molecule has 9 heteroatoms. The minimum absolute atomic E-state index is 0.108. The molecule has 0 aliphatic heterocycles. The number of amides is 2. The number of rotatable bonds is 11. The molecule has 2 aromatic carbocycles. The Morgan fingerprint density at radius 3 is 2.26 bits per heavy atom. The zero-order chi connectivity index (χ0) is 28.7. The molecule has 2 amide bonds. The Labute approximate surface area is 234 Å². The third-order valence-electron chi connectivity index (χ3n) is 7.43. The molecular formula is C30H44N4O4S. The van der Waals surface area contributed by atoms with Crippen LogP contribution < -0.4 is 9.62 Å². The van der Waals surface area contributed by atoms with Crippen LogP contribution in [0.25, 0.3) is 0 Å². The molecule has 0 heterocycles. The predicted molar refractivity (Wildman–Crippen MR) is 157 cm³/mol. The molecule has 8 nitrogen and oxygen atoms in total. The van der Waals surface area contributed by atoms with Crippen molar-refractivity contribution in [2.75, 3.05) is 24.9 Å². The van der Waals surface area contributed by atoms with Gasteiger partial charge in [-0.3, -0.25) is 9.59 Å². The van der Waals surface area contributed by atoms with Gasteiger partial charge in [0, 0.05) is 26.7 Å². The molecule has 0 spiro atoms. The lowest BCUT2D eigenvalue weighted by atomic mass is 9.95. The number of aryl methyl sites for hydroxylation is 3. The van der Waals surface area contributed by atoms with Gasteiger partial charge in [0.2, 0.25) is 11.8 Å². The van der Waals surface area contributed by atoms with Crippen LogP contribution in [0.15, 0.2) is 42.5 Å². The summed E-state index contributed by atoms with van der Waals surface area (Å²) in [5, 5.41) is 3.18. The molecule has 0 radical (unpaired) electrons. The first-order valence-corrected chi connectivity index (χ1v) is 15.3. The van der Waals surface area contributed by atoms with Crippen molar-refractivity contribution in [2.24, 2.45) is 0 Å². The molecule has 0 bridgehead atoms. The number of hydrogen-bond acceptors (Lipinski definition) is 4. The summed E-state index contributed by atoms with van der Waals surface area (Å²) in [6.07, 6.45) is 5.64. The fraction of sp³-hybridized carbons (Fsp3) is 0.533. The SMILES string of the molecule is CC[C@H](C(=O)NC1CCCCC1)N(Cc1cccc(C)c1)C(=O)CN(c1cc(C)ccc1C)S(=O)(=O)N(C)C. The van der Waals surface area contributed by atoms with Crippen molar-refractivity contribution in [3.8, 4) is 0 Å². The van der Waals surface area contributed by atoms with E-state index < -0.39 is 28.7 Å². The van der Waals surface area contributed by atoms with E-state index in [0.717, 1.165) is 56.5 Å². The Morgan fingerprint density at radius 1 is 0.974 bits per heavy atom. The van der Waals surface area contributed by atoms with E-state index in [1.54, 1.807) is 11.0 Å². The van der Waals surface area contributed by atoms with Gasteiger partial charge in [0.05, 0.1) is 5.69 Å². The average molecular weight is 557 g/mol. The highest BCUT2D eigenvalue weighted by Gasteiger charge is 2.35. The number of carbonyl (C=O) groups is 2. The summed E-state index contributed by atoms with van der Waals surface area (Å²) >= 11 is 0. The van der Waals surface area contributed by atoms with Crippen molar-refractivity contribution in [3.05, 3.63) is 64.7 Å². The lowest BCUT2D eigenvalue weighted by molar-refractivity contribution is -0.140. The van der Waals surface area contributed by atoms with Crippen LogP contribution in [0.1, 0.15) is 67.7 Å². The summed E-state index contributed by atoms with van der Waals surface area (Å²) in [4.78, 5) is 29.2. The molecule has 1 N–H and O–H groups in total. The Morgan fingerprint density at radius 2 is 1.64 bits per heavy atom. The maximum absolute atomic E-state index is 14.1. The van der Waals surface area contributed by atoms with Gasteiger partial charge in [-0.05, 0) is 62.8 Å². The highest BCUT2D eigenvalue weighted by Crippen LogP contribution is 2.26. The smallest absolute Gasteiger partial charge is 0.304 e. The lowest BCUT2D eigenvalue weighted by Crippen LogP contribution is -2.54. The Balaban J connectivity index is 1.99. The third kappa shape index (κ3) is 7.82. The first kappa shape index (κ1) is 30.6. The molecule has 1 aliphatic carbocycles. The average Bonchev–Trinajstić information content (AvgIpc) is 2.89. The molecule has 39 heavy (non-hydrogen) atoms. The van der Waals surface area contributed by atoms with Crippen LogP contribution in [-0.4, -0.2) is 62.2 Å². The molecule has 1 atom stereocenters. The summed E-state index contributed by atoms with van der Waals surface area (Å²) < 4.78 is 29.3. The summed E-state index contributed by atoms with van der Waals surface area (Å²) in [5.74, 6) is -0.604. The lowest BCUT2D eigenvalue weighted by Gasteiger charge is -2.35. The van der Waals surface area contributed by atoms with Crippen molar-refractivity contribution in [2.45, 2.75) is 84.8 Å². The molecular weight excluding hydrogens is 512 g/mol. The molecule has 3 rings (SSSR count). The van der Waals surface area contributed by atoms with Gasteiger partial charge < -0.3 is 10.2 Å². The van der Waals surface area contributed by atoms with Crippen LogP contribution in [0.2, 0.25) is 0 Å². The van der Waals surface area contributed by atoms with Crippen molar-refractivity contribution in [1.29, 1.82) is 0 Å². The van der Waals surface area contributed by atoms with Crippen LogP contribution in [-0.2, 0) is 26.3 Å². The fourth-order valence-corrected chi connectivity index (χ4v) is 6.27. The number of carbonyl (C=O) groups excluding carboxylic acids is 2. The molecule has 0 saturated heterocycles. The first-order valence-electron chi connectivity index (χ1n) is 13.9. The Kier molecular flexibility index (Phi) is 10.6. The molecule has 1 fully saturated rings. The maximum Gasteiger partial charge on any atom is 0.304 e. The Hall–Kier alpha value is -2.91. The molecule has 0 aromatic heterocycles. The normalized spacial score (nSPS) is 15.2. The van der Waals surface area contributed by atoms with Crippen molar-refractivity contribution in [1.82, 2.24) is 14.5 Å². The van der Waals surface area contributed by atoms with Gasteiger partial charge in [0.1, 0.15) is 12.6 Å². The van der Waals surface area contributed by atoms with E-state index in [-0.39, 0.29) is 18.5 Å². The van der Waals surface area contributed by atoms with Crippen molar-refractivity contribution < 1.29 is 18.0 Å². The molecule has 214 valence electrons. The van der Waals surface area contributed by atoms with E-state index in [0.29, 0.717) is 12.1 Å². The monoisotopic (exact) mass is 556 g/mol. The van der Waals surface area contributed by atoms with Gasteiger partial charge >= 0.3 is 10.2 Å². The third-order valence-corrected chi connectivity index (χ3v) is 9.23. The second kappa shape index (κ2) is 13.4. The maximum atomic E-state index is 14.1. The number of benzene rings is 2. The van der Waals surface area contributed by atoms with Gasteiger partial charge in [-0.1, -0.05) is 68.1 Å². The molecule has 1 aliphatic rings. The van der Waals surface area contributed by atoms with E-state index in [4.69, 9.17) is 0 Å². The van der Waals surface area contributed by atoms with Crippen LogP contribution >= 0.6 is 0 Å². The van der Waals surface area contributed by atoms with Crippen LogP contribution in [0, 0.1) is 20.8 Å². The van der Waals surface area contributed by atoms with E-state index in [2.05, 4.69) is 5.32 Å². The zero-order valence-electron chi connectivity index (χ0n) is 24.2. The number of nitrogens with zero attached hydrogens (tertiary/aromatic N) is 3. The predicted octanol–water partition coefficient (Wildman–Crippen LogP) is 4.48. The molecule has 1 saturated carbocycles. The highest BCUT2D eigenvalue weighted by molar-refractivity contribution is 7.90. The van der Waals surface area contributed by atoms with Gasteiger partial charge in [-0.25, -0.2) is 4.31 Å². The van der Waals surface area contributed by atoms with Crippen molar-refractivity contribution >= 4 is 27.7 Å². The number of hydrogen-bond donors (Lipinski definition) is 1. The van der Waals surface area contributed by atoms with Gasteiger partial charge in [-0.2, -0.15) is 12.7 Å². The summed E-state index contributed by atoms with van der Waals surface area (Å²) in [5.41, 5.74) is 4.02. The Bertz CT molecular complexity index is 1260. The second-order valence-electron chi connectivity index (χ2n) is 10.9. The van der Waals surface area contributed by atoms with Gasteiger partial charge in [0.25, 0.3) is 0 Å². The quantitative estimate of drug-likeness (QED) is 0.442. The standard InChI is InChI=1S/C30H44N4O4S/c1-7-27(30(36)31-26-14-9-8-10-15-26)33(20-25-13-11-12-22(2)18-25)29(35)21-34(39(37,38)32(5)6)28-19-23(3)16-17-24(28)4/h11-13,16-19,26-27H,7-10,14-15,20-21H2,1-6H3,(H,31,36)/t27-/m1/s1. The zero-order valence-corrected chi connectivity index (χ0v) is 25.1. The van der Waals surface area contributed by atoms with E-state index >= 15 is 0 Å². The minimum Gasteiger partial charge on any atom is -0.352 e. The van der Waals surface area contributed by atoms with E-state index in [9.17, 15) is 18.0 Å². The topological polar surface area (TPSA) is 90.0 Å². The summed E-state index contributed by atoms with van der Waals surface area (Å²) in [7, 11) is -1.09. The molecule has 0 unspecified atom stereocenters. The van der Waals surface area contributed by atoms with Gasteiger partial charge in [-0.15, -0.1) is 0 Å². The largest absolute Gasteiger partial charge is 0.352 e. The van der Waals surface area contributed by atoms with Gasteiger partial charge in [0.15, 0.2) is 0 Å². The highest BCUT2D eigenvalue weighted by atomic mass is 32.2. The van der Waals surface area contributed by atoms with Crippen LogP contribution in [0.3, 0.4) is 0 Å². The number of nitrogens with one attached hydrogen (secondary N) is 1. The van der Waals surface area contributed by atoms with Crippen LogP contribution in [0.5, 0.6) is 0 Å². The second-order valence-corrected chi connectivity index (χ2v) is 12.9. The minimum atomic E-state index is -4.00. The fourth-order valence-electron chi connectivity index (χ4n) is 5.16. The van der Waals surface area contributed by atoms with E-state index in [1.807, 2.05) is 64.1 Å². The number of anilines is 1. The first-order chi connectivity index (χ1) is 18.4. The van der Waals surface area contributed by atoms with Crippen LogP contribution in [0.4, 0.5) is 5.69 Å².